The minimum absolute atomic E-state index is 0. The number of pyridine rings is 1. The Labute approximate surface area is 92.3 Å². The standard InChI is InChI=1S/C9H13NO2S.ClH/c1-4-6-5-7(11)10-9(12)8(6)13(2)3;/h5H,4H2,1-3H3,(H-,10,11,12);1H. The van der Waals surface area contributed by atoms with Crippen LogP contribution in [0.2, 0.25) is 0 Å². The lowest BCUT2D eigenvalue weighted by Crippen LogP contribution is -3.00. The summed E-state index contributed by atoms with van der Waals surface area (Å²) in [6.07, 6.45) is 4.82. The molecule has 5 heteroatoms. The summed E-state index contributed by atoms with van der Waals surface area (Å²) in [6, 6.07) is 1.56. The molecule has 0 unspecified atom stereocenters. The molecule has 0 saturated carbocycles. The zero-order valence-corrected chi connectivity index (χ0v) is 10.00. The summed E-state index contributed by atoms with van der Waals surface area (Å²) < 4.78 is 0. The van der Waals surface area contributed by atoms with Gasteiger partial charge in [-0.3, -0.25) is 9.78 Å². The molecule has 0 atom stereocenters. The molecule has 1 aromatic rings. The first kappa shape index (κ1) is 13.4. The van der Waals surface area contributed by atoms with Crippen molar-refractivity contribution < 1.29 is 17.5 Å². The molecule has 1 rings (SSSR count). The summed E-state index contributed by atoms with van der Waals surface area (Å²) in [4.78, 5) is 14.3. The van der Waals surface area contributed by atoms with Crippen LogP contribution in [-0.4, -0.2) is 22.6 Å². The number of halogens is 1. The number of aromatic hydroxyl groups is 1. The summed E-state index contributed by atoms with van der Waals surface area (Å²) >= 11 is 0. The van der Waals surface area contributed by atoms with Crippen molar-refractivity contribution in [3.63, 3.8) is 0 Å². The van der Waals surface area contributed by atoms with Crippen LogP contribution in [0.15, 0.2) is 15.8 Å². The second kappa shape index (κ2) is 5.32. The van der Waals surface area contributed by atoms with Crippen LogP contribution >= 0.6 is 0 Å². The van der Waals surface area contributed by atoms with Crippen molar-refractivity contribution in [2.24, 2.45) is 0 Å². The molecule has 0 fully saturated rings. The largest absolute Gasteiger partial charge is 1.00 e. The van der Waals surface area contributed by atoms with Crippen molar-refractivity contribution in [2.75, 3.05) is 12.5 Å². The number of hydrogen-bond donors (Lipinski definition) is 2. The van der Waals surface area contributed by atoms with Gasteiger partial charge in [-0.05, 0) is 6.42 Å². The Morgan fingerprint density at radius 3 is 2.50 bits per heavy atom. The number of nitrogens with one attached hydrogen (secondary N) is 1. The summed E-state index contributed by atoms with van der Waals surface area (Å²) in [5.41, 5.74) is 0.707. The van der Waals surface area contributed by atoms with Crippen molar-refractivity contribution in [1.82, 2.24) is 4.98 Å². The van der Waals surface area contributed by atoms with Crippen molar-refractivity contribution in [3.05, 3.63) is 22.0 Å². The molecule has 3 nitrogen and oxygen atoms in total. The lowest BCUT2D eigenvalue weighted by Gasteiger charge is -2.04. The van der Waals surface area contributed by atoms with Gasteiger partial charge in [0.25, 0.3) is 5.56 Å². The summed E-state index contributed by atoms with van der Waals surface area (Å²) in [7, 11) is -0.0304. The molecule has 14 heavy (non-hydrogen) atoms. The van der Waals surface area contributed by atoms with Crippen LogP contribution < -0.4 is 18.0 Å². The van der Waals surface area contributed by atoms with E-state index in [1.54, 1.807) is 6.07 Å². The van der Waals surface area contributed by atoms with Gasteiger partial charge in [0.1, 0.15) is 12.5 Å². The third-order valence-corrected chi connectivity index (χ3v) is 3.11. The highest BCUT2D eigenvalue weighted by Gasteiger charge is 2.20. The fourth-order valence-corrected chi connectivity index (χ4v) is 2.47. The predicted octanol–water partition coefficient (Wildman–Crippen LogP) is -2.12. The minimum atomic E-state index is -0.233. The molecule has 0 aliphatic heterocycles. The molecule has 1 heterocycles. The average molecular weight is 236 g/mol. The third kappa shape index (κ3) is 2.69. The van der Waals surface area contributed by atoms with Crippen LogP contribution in [0.4, 0.5) is 0 Å². The Kier molecular flexibility index (Phi) is 5.08. The van der Waals surface area contributed by atoms with Crippen LogP contribution in [0.5, 0.6) is 5.88 Å². The topological polar surface area (TPSA) is 53.1 Å². The second-order valence-corrected chi connectivity index (χ2v) is 5.05. The number of aromatic amines is 1. The molecule has 0 aliphatic carbocycles. The third-order valence-electron chi connectivity index (χ3n) is 1.84. The zero-order valence-electron chi connectivity index (χ0n) is 8.43. The van der Waals surface area contributed by atoms with Crippen LogP contribution in [-0.2, 0) is 17.3 Å². The molecule has 0 spiro atoms. The quantitative estimate of drug-likeness (QED) is 0.577. The first-order valence-corrected chi connectivity index (χ1v) is 6.13. The van der Waals surface area contributed by atoms with Gasteiger partial charge in [0, 0.05) is 22.5 Å². The summed E-state index contributed by atoms with van der Waals surface area (Å²) in [6.45, 7) is 1.98. The maximum absolute atomic E-state index is 11.0. The number of H-pyrrole nitrogens is 1. The average Bonchev–Trinajstić information content (AvgIpc) is 2.01. The molecule has 2 N–H and O–H groups in total. The zero-order chi connectivity index (χ0) is 10.0. The van der Waals surface area contributed by atoms with Crippen molar-refractivity contribution in [3.8, 4) is 5.88 Å². The van der Waals surface area contributed by atoms with Crippen LogP contribution in [0.25, 0.3) is 0 Å². The van der Waals surface area contributed by atoms with Gasteiger partial charge in [0.05, 0.1) is 0 Å². The van der Waals surface area contributed by atoms with E-state index in [-0.39, 0.29) is 34.7 Å². The molecule has 0 saturated heterocycles. The fraction of sp³-hybridized carbons (Fsp3) is 0.444. The monoisotopic (exact) mass is 235 g/mol. The Balaban J connectivity index is 0.00000169. The van der Waals surface area contributed by atoms with E-state index in [9.17, 15) is 9.90 Å². The first-order valence-electron chi connectivity index (χ1n) is 4.09. The van der Waals surface area contributed by atoms with Gasteiger partial charge in [0.2, 0.25) is 10.8 Å². The molecular formula is C9H14ClNO2S. The molecule has 1 aromatic heterocycles. The van der Waals surface area contributed by atoms with E-state index in [4.69, 9.17) is 0 Å². The second-order valence-electron chi connectivity index (χ2n) is 3.01. The van der Waals surface area contributed by atoms with Crippen molar-refractivity contribution >= 4 is 10.9 Å². The highest BCUT2D eigenvalue weighted by molar-refractivity contribution is 7.95. The molecule has 0 radical (unpaired) electrons. The molecule has 0 aromatic carbocycles. The van der Waals surface area contributed by atoms with Gasteiger partial charge < -0.3 is 17.5 Å². The smallest absolute Gasteiger partial charge is 0.251 e. The van der Waals surface area contributed by atoms with E-state index in [1.807, 2.05) is 19.4 Å². The molecular weight excluding hydrogens is 222 g/mol. The van der Waals surface area contributed by atoms with Crippen molar-refractivity contribution in [2.45, 2.75) is 18.2 Å². The highest BCUT2D eigenvalue weighted by atomic mass is 35.5. The van der Waals surface area contributed by atoms with Crippen LogP contribution in [0, 0.1) is 0 Å². The number of aromatic nitrogens is 1. The maximum atomic E-state index is 11.0. The van der Waals surface area contributed by atoms with Crippen LogP contribution in [0.3, 0.4) is 0 Å². The lowest BCUT2D eigenvalue weighted by atomic mass is 10.2. The lowest BCUT2D eigenvalue weighted by molar-refractivity contribution is -0.00000433. The van der Waals surface area contributed by atoms with Gasteiger partial charge in [0.15, 0.2) is 0 Å². The summed E-state index contributed by atoms with van der Waals surface area (Å²) in [5.74, 6) is 0.0256. The van der Waals surface area contributed by atoms with Gasteiger partial charge in [-0.2, -0.15) is 0 Å². The Hall–Kier alpha value is -0.610. The first-order chi connectivity index (χ1) is 6.06. The highest BCUT2D eigenvalue weighted by Crippen LogP contribution is 2.22. The Morgan fingerprint density at radius 1 is 1.50 bits per heavy atom. The molecule has 0 amide bonds. The van der Waals surface area contributed by atoms with Gasteiger partial charge in [-0.15, -0.1) is 0 Å². The number of hydrogen-bond acceptors (Lipinski definition) is 2. The minimum Gasteiger partial charge on any atom is -1.00 e. The predicted molar refractivity (Wildman–Crippen MR) is 55.6 cm³/mol. The summed E-state index contributed by atoms with van der Waals surface area (Å²) in [5, 5.41) is 9.53. The number of rotatable bonds is 2. The molecule has 0 aliphatic rings. The maximum Gasteiger partial charge on any atom is 0.251 e. The SMILES string of the molecule is CCc1cc(=O)[nH]c(O)c1[S+](C)C.[Cl-]. The molecule has 80 valence electrons. The van der Waals surface area contributed by atoms with Gasteiger partial charge >= 0.3 is 0 Å². The Morgan fingerprint density at radius 2 is 2.07 bits per heavy atom. The van der Waals surface area contributed by atoms with E-state index in [1.165, 1.54) is 0 Å². The molecule has 0 bridgehead atoms. The fourth-order valence-electron chi connectivity index (χ4n) is 1.30. The Bertz CT molecular complexity index is 362. The van der Waals surface area contributed by atoms with E-state index in [0.29, 0.717) is 0 Å². The van der Waals surface area contributed by atoms with Gasteiger partial charge in [-0.1, -0.05) is 6.92 Å². The van der Waals surface area contributed by atoms with Crippen molar-refractivity contribution in [1.29, 1.82) is 0 Å². The number of aryl methyl sites for hydroxylation is 1. The van der Waals surface area contributed by atoms with E-state index < -0.39 is 0 Å². The normalized spacial score (nSPS) is 10.0. The van der Waals surface area contributed by atoms with Gasteiger partial charge in [-0.25, -0.2) is 0 Å². The van der Waals surface area contributed by atoms with E-state index in [0.717, 1.165) is 16.9 Å². The van der Waals surface area contributed by atoms with E-state index >= 15 is 0 Å². The van der Waals surface area contributed by atoms with E-state index in [2.05, 4.69) is 4.98 Å². The van der Waals surface area contributed by atoms with Crippen LogP contribution in [0.1, 0.15) is 12.5 Å².